The smallest absolute Gasteiger partial charge is 0.243 e. The molecule has 0 aromatic rings. The highest BCUT2D eigenvalue weighted by atomic mass is 16.2. The molecule has 0 radical (unpaired) electrons. The molecule has 4 N–H and O–H groups in total. The number of piperidine rings is 1. The predicted octanol–water partition coefficient (Wildman–Crippen LogP) is 1.07. The number of nitrogens with one attached hydrogen (secondary N) is 2. The van der Waals surface area contributed by atoms with E-state index in [1.165, 1.54) is 0 Å². The molecule has 114 valence electrons. The lowest BCUT2D eigenvalue weighted by Crippen LogP contribution is -2.58. The van der Waals surface area contributed by atoms with Gasteiger partial charge in [-0.25, -0.2) is 0 Å². The van der Waals surface area contributed by atoms with Crippen molar-refractivity contribution in [3.05, 3.63) is 0 Å². The van der Waals surface area contributed by atoms with Gasteiger partial charge in [0.15, 0.2) is 0 Å². The van der Waals surface area contributed by atoms with Gasteiger partial charge < -0.3 is 16.4 Å². The van der Waals surface area contributed by atoms with Gasteiger partial charge in [0.2, 0.25) is 11.8 Å². The van der Waals surface area contributed by atoms with E-state index in [9.17, 15) is 9.59 Å². The first kappa shape index (κ1) is 15.3. The second kappa shape index (κ2) is 7.07. The lowest BCUT2D eigenvalue weighted by molar-refractivity contribution is -0.133. The molecule has 2 fully saturated rings. The largest absolute Gasteiger partial charge is 0.368 e. The Bertz CT molecular complexity index is 345. The van der Waals surface area contributed by atoms with Gasteiger partial charge in [-0.15, -0.1) is 0 Å². The Morgan fingerprint density at radius 1 is 1.15 bits per heavy atom. The first-order chi connectivity index (χ1) is 9.62. The lowest BCUT2D eigenvalue weighted by atomic mass is 9.81. The van der Waals surface area contributed by atoms with Crippen LogP contribution in [0, 0.1) is 5.92 Å². The van der Waals surface area contributed by atoms with Crippen molar-refractivity contribution >= 4 is 11.8 Å². The van der Waals surface area contributed by atoms with Gasteiger partial charge in [0.1, 0.15) is 5.54 Å². The molecule has 1 aliphatic carbocycles. The van der Waals surface area contributed by atoms with Crippen molar-refractivity contribution in [3.63, 3.8) is 0 Å². The fourth-order valence-corrected chi connectivity index (χ4v) is 3.42. The van der Waals surface area contributed by atoms with Gasteiger partial charge in [-0.3, -0.25) is 9.59 Å². The quantitative estimate of drug-likeness (QED) is 0.705. The van der Waals surface area contributed by atoms with Crippen molar-refractivity contribution in [1.82, 2.24) is 10.6 Å². The highest BCUT2D eigenvalue weighted by molar-refractivity contribution is 5.90. The summed E-state index contributed by atoms with van der Waals surface area (Å²) >= 11 is 0. The van der Waals surface area contributed by atoms with E-state index in [4.69, 9.17) is 5.73 Å². The second-order valence-corrected chi connectivity index (χ2v) is 6.29. The topological polar surface area (TPSA) is 84.2 Å². The van der Waals surface area contributed by atoms with E-state index in [-0.39, 0.29) is 11.8 Å². The fourth-order valence-electron chi connectivity index (χ4n) is 3.42. The molecule has 2 aliphatic rings. The maximum atomic E-state index is 12.1. The summed E-state index contributed by atoms with van der Waals surface area (Å²) in [6.07, 6.45) is 8.18. The third-order valence-electron chi connectivity index (χ3n) is 4.80. The zero-order chi connectivity index (χ0) is 14.4. The minimum atomic E-state index is -0.774. The second-order valence-electron chi connectivity index (χ2n) is 6.29. The standard InChI is InChI=1S/C15H27N3O2/c16-14(20)15(8-2-1-3-9-15)18-13(19)5-4-12-6-10-17-11-7-12/h12,17H,1-11H2,(H2,16,20)(H,18,19). The maximum absolute atomic E-state index is 12.1. The number of primary amides is 1. The minimum absolute atomic E-state index is 0.00997. The molecule has 5 heteroatoms. The number of amides is 2. The van der Waals surface area contributed by atoms with E-state index >= 15 is 0 Å². The van der Waals surface area contributed by atoms with E-state index in [0.717, 1.165) is 51.6 Å². The van der Waals surface area contributed by atoms with Crippen LogP contribution >= 0.6 is 0 Å². The molecular formula is C15H27N3O2. The molecule has 1 aliphatic heterocycles. The highest BCUT2D eigenvalue weighted by Gasteiger charge is 2.39. The average molecular weight is 281 g/mol. The monoisotopic (exact) mass is 281 g/mol. The average Bonchev–Trinajstić information content (AvgIpc) is 2.47. The van der Waals surface area contributed by atoms with Crippen molar-refractivity contribution in [2.24, 2.45) is 11.7 Å². The molecule has 2 rings (SSSR count). The van der Waals surface area contributed by atoms with Crippen LogP contribution in [0.1, 0.15) is 57.8 Å². The van der Waals surface area contributed by atoms with Crippen LogP contribution in [0.25, 0.3) is 0 Å². The van der Waals surface area contributed by atoms with Crippen LogP contribution in [0.3, 0.4) is 0 Å². The Hall–Kier alpha value is -1.10. The van der Waals surface area contributed by atoms with Crippen molar-refractivity contribution in [1.29, 1.82) is 0 Å². The molecule has 20 heavy (non-hydrogen) atoms. The summed E-state index contributed by atoms with van der Waals surface area (Å²) in [5.41, 5.74) is 4.75. The third kappa shape index (κ3) is 3.95. The summed E-state index contributed by atoms with van der Waals surface area (Å²) in [5, 5.41) is 6.27. The van der Waals surface area contributed by atoms with Gasteiger partial charge in [-0.2, -0.15) is 0 Å². The molecule has 1 saturated heterocycles. The van der Waals surface area contributed by atoms with Gasteiger partial charge >= 0.3 is 0 Å². The minimum Gasteiger partial charge on any atom is -0.368 e. The van der Waals surface area contributed by atoms with E-state index in [1.807, 2.05) is 0 Å². The summed E-state index contributed by atoms with van der Waals surface area (Å²) in [5.74, 6) is 0.259. The summed E-state index contributed by atoms with van der Waals surface area (Å²) in [4.78, 5) is 23.8. The van der Waals surface area contributed by atoms with Crippen LogP contribution in [-0.4, -0.2) is 30.4 Å². The molecule has 0 aromatic heterocycles. The van der Waals surface area contributed by atoms with Crippen LogP contribution in [-0.2, 0) is 9.59 Å². The van der Waals surface area contributed by atoms with Crippen molar-refractivity contribution in [2.75, 3.05) is 13.1 Å². The Morgan fingerprint density at radius 3 is 2.40 bits per heavy atom. The summed E-state index contributed by atoms with van der Waals surface area (Å²) < 4.78 is 0. The van der Waals surface area contributed by atoms with Gasteiger partial charge in [0.05, 0.1) is 0 Å². The number of hydrogen-bond donors (Lipinski definition) is 3. The van der Waals surface area contributed by atoms with Crippen molar-refractivity contribution in [3.8, 4) is 0 Å². The Balaban J connectivity index is 1.80. The lowest BCUT2D eigenvalue weighted by Gasteiger charge is -2.35. The summed E-state index contributed by atoms with van der Waals surface area (Å²) in [7, 11) is 0. The van der Waals surface area contributed by atoms with Crippen LogP contribution in [0.15, 0.2) is 0 Å². The number of carbonyl (C=O) groups is 2. The van der Waals surface area contributed by atoms with Crippen LogP contribution in [0.5, 0.6) is 0 Å². The van der Waals surface area contributed by atoms with Crippen molar-refractivity contribution < 1.29 is 9.59 Å². The molecule has 0 aromatic carbocycles. The third-order valence-corrected chi connectivity index (χ3v) is 4.80. The molecule has 0 bridgehead atoms. The van der Waals surface area contributed by atoms with Crippen LogP contribution in [0.2, 0.25) is 0 Å². The summed E-state index contributed by atoms with van der Waals surface area (Å²) in [6, 6.07) is 0. The Labute approximate surface area is 121 Å². The van der Waals surface area contributed by atoms with E-state index in [0.29, 0.717) is 25.2 Å². The molecule has 0 unspecified atom stereocenters. The molecule has 2 amide bonds. The predicted molar refractivity (Wildman–Crippen MR) is 78.0 cm³/mol. The maximum Gasteiger partial charge on any atom is 0.243 e. The SMILES string of the molecule is NC(=O)C1(NC(=O)CCC2CCNCC2)CCCCC1. The van der Waals surface area contributed by atoms with Gasteiger partial charge in [0, 0.05) is 6.42 Å². The van der Waals surface area contributed by atoms with Crippen LogP contribution in [0.4, 0.5) is 0 Å². The molecule has 0 spiro atoms. The molecule has 1 saturated carbocycles. The van der Waals surface area contributed by atoms with Gasteiger partial charge in [0.25, 0.3) is 0 Å². The molecule has 5 nitrogen and oxygen atoms in total. The number of carbonyl (C=O) groups excluding carboxylic acids is 2. The van der Waals surface area contributed by atoms with E-state index in [1.54, 1.807) is 0 Å². The zero-order valence-corrected chi connectivity index (χ0v) is 12.2. The number of rotatable bonds is 5. The fraction of sp³-hybridized carbons (Fsp3) is 0.867. The highest BCUT2D eigenvalue weighted by Crippen LogP contribution is 2.28. The molecule has 1 heterocycles. The number of nitrogens with two attached hydrogens (primary N) is 1. The zero-order valence-electron chi connectivity index (χ0n) is 12.2. The molecule has 0 atom stereocenters. The first-order valence-corrected chi connectivity index (χ1v) is 7.94. The van der Waals surface area contributed by atoms with Gasteiger partial charge in [-0.05, 0) is 51.1 Å². The van der Waals surface area contributed by atoms with E-state index in [2.05, 4.69) is 10.6 Å². The van der Waals surface area contributed by atoms with Gasteiger partial charge in [-0.1, -0.05) is 19.3 Å². The summed E-state index contributed by atoms with van der Waals surface area (Å²) in [6.45, 7) is 2.11. The van der Waals surface area contributed by atoms with E-state index < -0.39 is 5.54 Å². The van der Waals surface area contributed by atoms with Crippen molar-refractivity contribution in [2.45, 2.75) is 63.3 Å². The normalized spacial score (nSPS) is 23.2. The number of hydrogen-bond acceptors (Lipinski definition) is 3. The molecular weight excluding hydrogens is 254 g/mol. The van der Waals surface area contributed by atoms with Crippen LogP contribution < -0.4 is 16.4 Å². The Kier molecular flexibility index (Phi) is 5.40. The Morgan fingerprint density at radius 2 is 1.80 bits per heavy atom. The first-order valence-electron chi connectivity index (χ1n) is 7.94.